The molecule has 2 aromatic rings. The summed E-state index contributed by atoms with van der Waals surface area (Å²) in [4.78, 5) is 12.0. The molecular formula is C21H20Br2N2O3S2. The van der Waals surface area contributed by atoms with Gasteiger partial charge in [0.25, 0.3) is 5.91 Å². The second kappa shape index (κ2) is 11.8. The number of ether oxygens (including phenoxy) is 2. The molecule has 1 aliphatic heterocycles. The highest BCUT2D eigenvalue weighted by Gasteiger charge is 2.18. The number of thioether (sulfide) groups is 2. The van der Waals surface area contributed by atoms with Crippen molar-refractivity contribution in [1.82, 2.24) is 5.43 Å². The minimum atomic E-state index is -0.332. The third kappa shape index (κ3) is 6.80. The zero-order valence-corrected chi connectivity index (χ0v) is 20.8. The third-order valence-corrected chi connectivity index (χ3v) is 8.20. The first kappa shape index (κ1) is 23.2. The van der Waals surface area contributed by atoms with Crippen LogP contribution in [0.3, 0.4) is 0 Å². The molecule has 1 heterocycles. The number of hydrogen-bond donors (Lipinski definition) is 1. The summed E-state index contributed by atoms with van der Waals surface area (Å²) in [5.41, 5.74) is 4.54. The second-order valence-corrected chi connectivity index (χ2v) is 10.6. The van der Waals surface area contributed by atoms with Crippen molar-refractivity contribution in [2.45, 2.75) is 4.58 Å². The number of halogens is 2. The Hall–Kier alpha value is -1.42. The molecule has 1 amide bonds. The Kier molecular flexibility index (Phi) is 9.17. The molecule has 1 fully saturated rings. The van der Waals surface area contributed by atoms with Crippen molar-refractivity contribution in [1.29, 1.82) is 0 Å². The van der Waals surface area contributed by atoms with Crippen molar-refractivity contribution in [2.75, 3.05) is 24.7 Å². The van der Waals surface area contributed by atoms with Gasteiger partial charge in [0.2, 0.25) is 0 Å². The van der Waals surface area contributed by atoms with Crippen molar-refractivity contribution < 1.29 is 14.3 Å². The number of nitrogens with zero attached hydrogens (tertiary/aromatic N) is 1. The van der Waals surface area contributed by atoms with Gasteiger partial charge in [-0.15, -0.1) is 23.5 Å². The van der Waals surface area contributed by atoms with Crippen molar-refractivity contribution in [3.63, 3.8) is 0 Å². The van der Waals surface area contributed by atoms with Gasteiger partial charge in [0, 0.05) is 11.5 Å². The molecule has 1 aliphatic rings. The van der Waals surface area contributed by atoms with Gasteiger partial charge in [0.05, 0.1) is 19.7 Å². The van der Waals surface area contributed by atoms with Crippen LogP contribution in [0.25, 0.3) is 0 Å². The summed E-state index contributed by atoms with van der Waals surface area (Å²) < 4.78 is 13.2. The Bertz CT molecular complexity index is 894. The average Bonchev–Trinajstić information content (AvgIpc) is 3.27. The number of amides is 1. The van der Waals surface area contributed by atoms with E-state index in [-0.39, 0.29) is 12.5 Å². The number of hydrogen-bond acceptors (Lipinski definition) is 6. The number of nitrogens with one attached hydrogen (secondary N) is 1. The standard InChI is InChI=1S/C21H20Br2N2O3S2/c1-2-7-27-20-17(22)10-14(11-18(20)23)12-24-25-19(26)13-28-16-5-3-15(4-6-16)21-29-8-9-30-21/h2-6,10-12,21H,1,7-9,13H2,(H,25,26)/b24-12+. The molecule has 1 N–H and O–H groups in total. The van der Waals surface area contributed by atoms with Crippen LogP contribution in [0.4, 0.5) is 0 Å². The second-order valence-electron chi connectivity index (χ2n) is 6.14. The van der Waals surface area contributed by atoms with Crippen LogP contribution in [-0.2, 0) is 4.79 Å². The summed E-state index contributed by atoms with van der Waals surface area (Å²) in [6, 6.07) is 11.6. The molecule has 0 spiro atoms. The highest BCUT2D eigenvalue weighted by molar-refractivity contribution is 9.11. The predicted octanol–water partition coefficient (Wildman–Crippen LogP) is 5.78. The largest absolute Gasteiger partial charge is 0.487 e. The smallest absolute Gasteiger partial charge is 0.277 e. The van der Waals surface area contributed by atoms with E-state index < -0.39 is 0 Å². The summed E-state index contributed by atoms with van der Waals surface area (Å²) in [6.45, 7) is 3.93. The SMILES string of the molecule is C=CCOc1c(Br)cc(/C=N/NC(=O)COc2ccc(C3SCCS3)cc2)cc1Br. The van der Waals surface area contributed by atoms with Crippen LogP contribution in [-0.4, -0.2) is 36.8 Å². The normalized spacial score (nSPS) is 14.1. The molecule has 158 valence electrons. The first-order valence-corrected chi connectivity index (χ1v) is 12.8. The number of carbonyl (C=O) groups excluding carboxylic acids is 1. The van der Waals surface area contributed by atoms with Crippen LogP contribution in [0.2, 0.25) is 0 Å². The van der Waals surface area contributed by atoms with Gasteiger partial charge < -0.3 is 9.47 Å². The van der Waals surface area contributed by atoms with Gasteiger partial charge in [-0.2, -0.15) is 5.10 Å². The van der Waals surface area contributed by atoms with E-state index in [4.69, 9.17) is 9.47 Å². The summed E-state index contributed by atoms with van der Waals surface area (Å²) in [5.74, 6) is 3.39. The first-order chi connectivity index (χ1) is 14.6. The van der Waals surface area contributed by atoms with Crippen molar-refractivity contribution in [3.8, 4) is 11.5 Å². The molecule has 0 unspecified atom stereocenters. The lowest BCUT2D eigenvalue weighted by Crippen LogP contribution is -2.24. The highest BCUT2D eigenvalue weighted by Crippen LogP contribution is 2.45. The Labute approximate surface area is 201 Å². The molecule has 3 rings (SSSR count). The van der Waals surface area contributed by atoms with Crippen molar-refractivity contribution in [2.24, 2.45) is 5.10 Å². The Morgan fingerprint density at radius 3 is 2.47 bits per heavy atom. The molecule has 0 bridgehead atoms. The Morgan fingerprint density at radius 2 is 1.83 bits per heavy atom. The Morgan fingerprint density at radius 1 is 1.17 bits per heavy atom. The van der Waals surface area contributed by atoms with Gasteiger partial charge in [0.15, 0.2) is 6.61 Å². The lowest BCUT2D eigenvalue weighted by Gasteiger charge is -2.10. The van der Waals surface area contributed by atoms with Crippen molar-refractivity contribution in [3.05, 3.63) is 69.1 Å². The van der Waals surface area contributed by atoms with E-state index in [1.54, 1.807) is 12.3 Å². The van der Waals surface area contributed by atoms with Crippen LogP contribution in [0, 0.1) is 0 Å². The lowest BCUT2D eigenvalue weighted by atomic mass is 10.2. The van der Waals surface area contributed by atoms with E-state index in [1.165, 1.54) is 17.1 Å². The van der Waals surface area contributed by atoms with Gasteiger partial charge in [-0.05, 0) is 67.3 Å². The minimum absolute atomic E-state index is 0.106. The van der Waals surface area contributed by atoms with Gasteiger partial charge in [-0.1, -0.05) is 24.8 Å². The number of benzene rings is 2. The maximum absolute atomic E-state index is 12.0. The monoisotopic (exact) mass is 570 g/mol. The van der Waals surface area contributed by atoms with Crippen LogP contribution in [0.15, 0.2) is 63.1 Å². The first-order valence-electron chi connectivity index (χ1n) is 9.07. The molecule has 5 nitrogen and oxygen atoms in total. The zero-order chi connectivity index (χ0) is 21.3. The summed E-state index contributed by atoms with van der Waals surface area (Å²) in [6.07, 6.45) is 3.23. The number of hydrazone groups is 1. The molecule has 0 aromatic heterocycles. The van der Waals surface area contributed by atoms with Crippen LogP contribution in [0.1, 0.15) is 15.7 Å². The Balaban J connectivity index is 1.47. The maximum atomic E-state index is 12.0. The van der Waals surface area contributed by atoms with E-state index in [0.29, 0.717) is 22.7 Å². The van der Waals surface area contributed by atoms with Gasteiger partial charge in [0.1, 0.15) is 18.1 Å². The molecular weight excluding hydrogens is 552 g/mol. The van der Waals surface area contributed by atoms with E-state index in [0.717, 1.165) is 14.5 Å². The molecule has 0 atom stereocenters. The minimum Gasteiger partial charge on any atom is -0.487 e. The lowest BCUT2D eigenvalue weighted by molar-refractivity contribution is -0.123. The predicted molar refractivity (Wildman–Crippen MR) is 133 cm³/mol. The molecule has 30 heavy (non-hydrogen) atoms. The van der Waals surface area contributed by atoms with Crippen LogP contribution >= 0.6 is 55.4 Å². The number of rotatable bonds is 9. The highest BCUT2D eigenvalue weighted by atomic mass is 79.9. The average molecular weight is 572 g/mol. The van der Waals surface area contributed by atoms with Crippen molar-refractivity contribution >= 4 is 67.5 Å². The molecule has 0 saturated carbocycles. The van der Waals surface area contributed by atoms with E-state index >= 15 is 0 Å². The van der Waals surface area contributed by atoms with Gasteiger partial charge in [-0.3, -0.25) is 4.79 Å². The third-order valence-electron chi connectivity index (χ3n) is 3.91. The van der Waals surface area contributed by atoms with E-state index in [2.05, 4.69) is 61.1 Å². The van der Waals surface area contributed by atoms with Gasteiger partial charge in [-0.25, -0.2) is 5.43 Å². The molecule has 2 aromatic carbocycles. The molecule has 0 aliphatic carbocycles. The van der Waals surface area contributed by atoms with E-state index in [9.17, 15) is 4.79 Å². The van der Waals surface area contributed by atoms with E-state index in [1.807, 2.05) is 47.8 Å². The molecule has 1 saturated heterocycles. The van der Waals surface area contributed by atoms with Gasteiger partial charge >= 0.3 is 0 Å². The molecule has 9 heteroatoms. The topological polar surface area (TPSA) is 59.9 Å². The van der Waals surface area contributed by atoms with Crippen LogP contribution < -0.4 is 14.9 Å². The molecule has 0 radical (unpaired) electrons. The van der Waals surface area contributed by atoms with Crippen LogP contribution in [0.5, 0.6) is 11.5 Å². The quantitative estimate of drug-likeness (QED) is 0.235. The fourth-order valence-electron chi connectivity index (χ4n) is 2.57. The zero-order valence-electron chi connectivity index (χ0n) is 16.0. The summed E-state index contributed by atoms with van der Waals surface area (Å²) in [5, 5.41) is 3.99. The fraction of sp³-hybridized carbons (Fsp3) is 0.238. The summed E-state index contributed by atoms with van der Waals surface area (Å²) in [7, 11) is 0. The maximum Gasteiger partial charge on any atom is 0.277 e. The number of carbonyl (C=O) groups is 1. The fourth-order valence-corrected chi connectivity index (χ4v) is 6.88. The summed E-state index contributed by atoms with van der Waals surface area (Å²) >= 11 is 10.8.